The SMILES string of the molecule is O=S(=O)(Nc1ccc2c(c1)N(S(=O)(=O)Cc1ccccc1F)CCC2)C1=CCC(F)(F)C=C1. The highest BCUT2D eigenvalue weighted by Gasteiger charge is 2.31. The number of hydrogen-bond acceptors (Lipinski definition) is 4. The topological polar surface area (TPSA) is 83.6 Å². The Morgan fingerprint density at radius 2 is 1.82 bits per heavy atom. The highest BCUT2D eigenvalue weighted by Crippen LogP contribution is 2.34. The summed E-state index contributed by atoms with van der Waals surface area (Å²) in [6.45, 7) is 0.170. The van der Waals surface area contributed by atoms with E-state index in [0.29, 0.717) is 30.2 Å². The van der Waals surface area contributed by atoms with Crippen molar-refractivity contribution in [3.63, 3.8) is 0 Å². The minimum absolute atomic E-state index is 0.0364. The van der Waals surface area contributed by atoms with E-state index >= 15 is 0 Å². The third kappa shape index (κ3) is 5.09. The predicted octanol–water partition coefficient (Wildman–Crippen LogP) is 4.33. The van der Waals surface area contributed by atoms with E-state index in [2.05, 4.69) is 4.72 Å². The van der Waals surface area contributed by atoms with Crippen LogP contribution < -0.4 is 9.03 Å². The van der Waals surface area contributed by atoms with Crippen molar-refractivity contribution in [2.24, 2.45) is 0 Å². The van der Waals surface area contributed by atoms with Crippen LogP contribution in [0.25, 0.3) is 0 Å². The van der Waals surface area contributed by atoms with Crippen LogP contribution in [0.15, 0.2) is 65.6 Å². The molecule has 2 aliphatic rings. The van der Waals surface area contributed by atoms with Gasteiger partial charge in [0, 0.05) is 18.5 Å². The number of hydrogen-bond donors (Lipinski definition) is 1. The molecule has 2 aromatic rings. The molecule has 1 aliphatic carbocycles. The summed E-state index contributed by atoms with van der Waals surface area (Å²) in [7, 11) is -8.10. The molecule has 0 fully saturated rings. The summed E-state index contributed by atoms with van der Waals surface area (Å²) in [5.41, 5.74) is 1.14. The molecule has 11 heteroatoms. The average molecular weight is 499 g/mol. The van der Waals surface area contributed by atoms with Gasteiger partial charge in [0.05, 0.1) is 22.0 Å². The molecule has 0 spiro atoms. The molecule has 0 saturated heterocycles. The zero-order valence-electron chi connectivity index (χ0n) is 17.3. The van der Waals surface area contributed by atoms with Crippen LogP contribution in [0.5, 0.6) is 0 Å². The molecule has 1 N–H and O–H groups in total. The maximum Gasteiger partial charge on any atom is 0.270 e. The van der Waals surface area contributed by atoms with Gasteiger partial charge in [-0.3, -0.25) is 9.03 Å². The Balaban J connectivity index is 1.62. The number of benzene rings is 2. The number of rotatable bonds is 6. The second kappa shape index (κ2) is 8.53. The first-order valence-electron chi connectivity index (χ1n) is 10.1. The van der Waals surface area contributed by atoms with Crippen molar-refractivity contribution in [2.45, 2.75) is 30.9 Å². The van der Waals surface area contributed by atoms with Gasteiger partial charge in [-0.05, 0) is 48.8 Å². The highest BCUT2D eigenvalue weighted by atomic mass is 32.2. The lowest BCUT2D eigenvalue weighted by Gasteiger charge is -2.31. The van der Waals surface area contributed by atoms with Crippen molar-refractivity contribution >= 4 is 31.4 Å². The van der Waals surface area contributed by atoms with Crippen molar-refractivity contribution in [2.75, 3.05) is 15.6 Å². The summed E-state index contributed by atoms with van der Waals surface area (Å²) in [5.74, 6) is -4.27. The molecular weight excluding hydrogens is 477 g/mol. The number of aryl methyl sites for hydroxylation is 1. The number of nitrogens with zero attached hydrogens (tertiary/aromatic N) is 1. The molecule has 2 aromatic carbocycles. The van der Waals surface area contributed by atoms with Crippen molar-refractivity contribution < 1.29 is 30.0 Å². The number of fused-ring (bicyclic) bond motifs is 1. The van der Waals surface area contributed by atoms with Gasteiger partial charge in [0.2, 0.25) is 10.0 Å². The van der Waals surface area contributed by atoms with Gasteiger partial charge in [-0.25, -0.2) is 30.0 Å². The van der Waals surface area contributed by atoms with Crippen molar-refractivity contribution in [3.05, 3.63) is 82.5 Å². The zero-order chi connectivity index (χ0) is 23.9. The van der Waals surface area contributed by atoms with Crippen LogP contribution in [-0.4, -0.2) is 29.3 Å². The zero-order valence-corrected chi connectivity index (χ0v) is 19.0. The lowest BCUT2D eigenvalue weighted by molar-refractivity contribution is 0.0574. The van der Waals surface area contributed by atoms with Crippen LogP contribution in [-0.2, 0) is 32.2 Å². The fourth-order valence-electron chi connectivity index (χ4n) is 3.77. The molecule has 176 valence electrons. The molecule has 0 atom stereocenters. The van der Waals surface area contributed by atoms with Crippen molar-refractivity contribution in [3.8, 4) is 0 Å². The first-order valence-corrected chi connectivity index (χ1v) is 13.2. The Kier molecular flexibility index (Phi) is 6.04. The van der Waals surface area contributed by atoms with Crippen LogP contribution >= 0.6 is 0 Å². The molecule has 1 heterocycles. The normalized spacial score (nSPS) is 17.9. The van der Waals surface area contributed by atoms with E-state index in [9.17, 15) is 30.0 Å². The largest absolute Gasteiger partial charge is 0.280 e. The van der Waals surface area contributed by atoms with Gasteiger partial charge in [-0.1, -0.05) is 30.3 Å². The number of alkyl halides is 2. The number of nitrogens with one attached hydrogen (secondary N) is 1. The van der Waals surface area contributed by atoms with Gasteiger partial charge >= 0.3 is 0 Å². The minimum Gasteiger partial charge on any atom is -0.280 e. The van der Waals surface area contributed by atoms with Crippen LogP contribution in [0.3, 0.4) is 0 Å². The van der Waals surface area contributed by atoms with Gasteiger partial charge in [0.1, 0.15) is 5.82 Å². The number of anilines is 2. The van der Waals surface area contributed by atoms with E-state index in [1.54, 1.807) is 12.1 Å². The number of allylic oxidation sites excluding steroid dienone is 3. The van der Waals surface area contributed by atoms with Crippen molar-refractivity contribution in [1.29, 1.82) is 0 Å². The lowest BCUT2D eigenvalue weighted by Crippen LogP contribution is -2.36. The van der Waals surface area contributed by atoms with E-state index in [1.807, 2.05) is 0 Å². The molecule has 0 bridgehead atoms. The fraction of sp³-hybridized carbons (Fsp3) is 0.273. The first kappa shape index (κ1) is 23.4. The average Bonchev–Trinajstić information content (AvgIpc) is 2.74. The van der Waals surface area contributed by atoms with E-state index in [0.717, 1.165) is 16.5 Å². The Bertz CT molecular complexity index is 1350. The van der Waals surface area contributed by atoms with Crippen LogP contribution in [0, 0.1) is 5.82 Å². The molecule has 0 aromatic heterocycles. The molecular formula is C22H21F3N2O4S2. The van der Waals surface area contributed by atoms with Crippen LogP contribution in [0.2, 0.25) is 0 Å². The van der Waals surface area contributed by atoms with Crippen molar-refractivity contribution in [1.82, 2.24) is 0 Å². The Labute approximate surface area is 190 Å². The quantitative estimate of drug-likeness (QED) is 0.643. The van der Waals surface area contributed by atoms with Gasteiger partial charge in [0.25, 0.3) is 15.9 Å². The van der Waals surface area contributed by atoms with Gasteiger partial charge < -0.3 is 0 Å². The molecule has 0 saturated carbocycles. The second-order valence-electron chi connectivity index (χ2n) is 7.88. The first-order chi connectivity index (χ1) is 15.5. The van der Waals surface area contributed by atoms with E-state index in [4.69, 9.17) is 0 Å². The maximum atomic E-state index is 14.0. The van der Waals surface area contributed by atoms with Gasteiger partial charge in [-0.15, -0.1) is 0 Å². The summed E-state index contributed by atoms with van der Waals surface area (Å²) in [6.07, 6.45) is 2.73. The van der Waals surface area contributed by atoms with Crippen LogP contribution in [0.1, 0.15) is 24.0 Å². The smallest absolute Gasteiger partial charge is 0.270 e. The Morgan fingerprint density at radius 1 is 1.06 bits per heavy atom. The summed E-state index contributed by atoms with van der Waals surface area (Å²) in [6, 6.07) is 10.1. The molecule has 33 heavy (non-hydrogen) atoms. The Hall–Kier alpha value is -2.79. The van der Waals surface area contributed by atoms with Gasteiger partial charge in [0.15, 0.2) is 0 Å². The molecule has 0 unspecified atom stereocenters. The molecule has 6 nitrogen and oxygen atoms in total. The molecule has 0 radical (unpaired) electrons. The predicted molar refractivity (Wildman–Crippen MR) is 120 cm³/mol. The van der Waals surface area contributed by atoms with Gasteiger partial charge in [-0.2, -0.15) is 0 Å². The highest BCUT2D eigenvalue weighted by molar-refractivity contribution is 7.96. The van der Waals surface area contributed by atoms with Crippen LogP contribution in [0.4, 0.5) is 24.5 Å². The monoisotopic (exact) mass is 498 g/mol. The molecule has 4 rings (SSSR count). The van der Waals surface area contributed by atoms with E-state index in [-0.39, 0.29) is 22.7 Å². The third-order valence-corrected chi connectivity index (χ3v) is 8.58. The number of halogens is 3. The summed E-state index contributed by atoms with van der Waals surface area (Å²) in [4.78, 5) is -0.296. The number of sulfonamides is 2. The van der Waals surface area contributed by atoms with E-state index in [1.165, 1.54) is 30.3 Å². The standard InChI is InChI=1S/C22H21F3N2O4S2/c23-20-6-2-1-4-17(20)15-32(28,29)27-13-3-5-16-7-8-18(14-21(16)27)26-33(30,31)19-9-11-22(24,25)12-10-19/h1-2,4,6-11,14,26H,3,5,12-13,15H2. The lowest BCUT2D eigenvalue weighted by atomic mass is 10.0. The summed E-state index contributed by atoms with van der Waals surface area (Å²) >= 11 is 0. The molecule has 0 amide bonds. The molecule has 1 aliphatic heterocycles. The minimum atomic E-state index is -4.15. The maximum absolute atomic E-state index is 14.0. The summed E-state index contributed by atoms with van der Waals surface area (Å²) in [5, 5.41) is 0. The van der Waals surface area contributed by atoms with E-state index < -0.39 is 44.0 Å². The summed E-state index contributed by atoms with van der Waals surface area (Å²) < 4.78 is 95.6. The fourth-order valence-corrected chi connectivity index (χ4v) is 6.54. The Morgan fingerprint density at radius 3 is 2.52 bits per heavy atom. The third-order valence-electron chi connectivity index (χ3n) is 5.42. The second-order valence-corrected chi connectivity index (χ2v) is 11.5.